The quantitative estimate of drug-likeness (QED) is 0.165. The molecule has 0 saturated heterocycles. The number of aromatic nitrogens is 11. The second kappa shape index (κ2) is 15.5. The molecule has 58 heavy (non-hydrogen) atoms. The van der Waals surface area contributed by atoms with Crippen LogP contribution in [0, 0.1) is 28.8 Å². The third-order valence-corrected chi connectivity index (χ3v) is 9.14. The maximum Gasteiger partial charge on any atom is 0.251 e. The minimum absolute atomic E-state index is 0.0341. The number of aryl methyl sites for hydroxylation is 1. The molecule has 294 valence electrons. The molecule has 17 heteroatoms. The highest BCUT2D eigenvalue weighted by Gasteiger charge is 2.25. The first-order valence-corrected chi connectivity index (χ1v) is 18.1. The van der Waals surface area contributed by atoms with Gasteiger partial charge in [-0.05, 0) is 74.7 Å². The lowest BCUT2D eigenvalue weighted by molar-refractivity contribution is 0.0734. The first kappa shape index (κ1) is 39.2. The summed E-state index contributed by atoms with van der Waals surface area (Å²) < 4.78 is 54.0. The minimum atomic E-state index is -1.18. The number of nitriles is 1. The van der Waals surface area contributed by atoms with E-state index in [9.17, 15) is 23.5 Å². The number of nitrogens with zero attached hydrogens (tertiary/aromatic N) is 12. The van der Waals surface area contributed by atoms with Crippen molar-refractivity contribution in [3.05, 3.63) is 126 Å². The van der Waals surface area contributed by atoms with Crippen molar-refractivity contribution in [3.8, 4) is 45.7 Å². The first-order chi connectivity index (χ1) is 27.7. The van der Waals surface area contributed by atoms with E-state index < -0.39 is 17.2 Å². The lowest BCUT2D eigenvalue weighted by Crippen LogP contribution is -2.19. The molecule has 0 amide bonds. The van der Waals surface area contributed by atoms with Crippen molar-refractivity contribution in [2.75, 3.05) is 0 Å². The van der Waals surface area contributed by atoms with E-state index >= 15 is 0 Å². The molecule has 0 bridgehead atoms. The number of halogens is 3. The molecule has 0 spiro atoms. The van der Waals surface area contributed by atoms with E-state index in [4.69, 9.17) is 4.74 Å². The van der Waals surface area contributed by atoms with Crippen LogP contribution in [0.25, 0.3) is 45.2 Å². The Balaban J connectivity index is 0.000000177. The van der Waals surface area contributed by atoms with Gasteiger partial charge in [0.1, 0.15) is 36.0 Å². The van der Waals surface area contributed by atoms with E-state index in [1.165, 1.54) is 70.2 Å². The van der Waals surface area contributed by atoms with Crippen LogP contribution in [0.2, 0.25) is 0 Å². The van der Waals surface area contributed by atoms with Crippen molar-refractivity contribution in [2.24, 2.45) is 0 Å². The summed E-state index contributed by atoms with van der Waals surface area (Å²) in [7, 11) is 0. The smallest absolute Gasteiger partial charge is 0.251 e. The molecule has 0 radical (unpaired) electrons. The van der Waals surface area contributed by atoms with Crippen LogP contribution >= 0.6 is 0 Å². The summed E-state index contributed by atoms with van der Waals surface area (Å²) in [6.45, 7) is 12.3. The number of imidazole rings is 1. The van der Waals surface area contributed by atoms with Gasteiger partial charge >= 0.3 is 0 Å². The Kier molecular flexibility index (Phi) is 10.4. The third kappa shape index (κ3) is 7.69. The summed E-state index contributed by atoms with van der Waals surface area (Å²) in [5.41, 5.74) is 1.59. The number of aliphatic hydroxyl groups is 1. The van der Waals surface area contributed by atoms with Gasteiger partial charge in [0, 0.05) is 28.8 Å². The molecular weight excluding hydrogens is 750 g/mol. The average Bonchev–Trinajstić information content (AvgIpc) is 3.95. The Bertz CT molecular complexity index is 2830. The Morgan fingerprint density at radius 1 is 0.828 bits per heavy atom. The zero-order valence-corrected chi connectivity index (χ0v) is 32.4. The van der Waals surface area contributed by atoms with Gasteiger partial charge in [-0.2, -0.15) is 24.5 Å². The monoisotopic (exact) mass is 786 g/mol. The van der Waals surface area contributed by atoms with Gasteiger partial charge in [-0.25, -0.2) is 32.8 Å². The van der Waals surface area contributed by atoms with Gasteiger partial charge in [-0.1, -0.05) is 39.0 Å². The molecule has 0 fully saturated rings. The minimum Gasteiger partial charge on any atom is -0.468 e. The van der Waals surface area contributed by atoms with E-state index in [1.807, 2.05) is 19.1 Å². The fraction of sp³-hybridized carbons (Fsp3) is 0.244. The maximum atomic E-state index is 14.5. The lowest BCUT2D eigenvalue weighted by Gasteiger charge is -2.21. The van der Waals surface area contributed by atoms with E-state index in [2.05, 4.69) is 61.2 Å². The largest absolute Gasteiger partial charge is 0.468 e. The normalized spacial score (nSPS) is 11.7. The molecule has 0 atom stereocenters. The molecule has 3 aromatic carbocycles. The SMILES string of the molecule is CC(C)(O)c1cnn2c(-c3ccc(F)c(-c4c(F)cccc4C#N)c3)cnc2n1.CCn1ncnc1COc1nn2c(-c3ccccc3F)nnc2cc1C(C)(C)C. The highest BCUT2D eigenvalue weighted by atomic mass is 19.1. The maximum absolute atomic E-state index is 14.5. The molecule has 14 nitrogen and oxygen atoms in total. The average molecular weight is 787 g/mol. The van der Waals surface area contributed by atoms with Crippen LogP contribution in [0.1, 0.15) is 64.2 Å². The molecule has 1 N–H and O–H groups in total. The van der Waals surface area contributed by atoms with Gasteiger partial charge in [0.25, 0.3) is 5.78 Å². The fourth-order valence-corrected chi connectivity index (χ4v) is 6.10. The molecule has 0 aliphatic heterocycles. The molecule has 5 heterocycles. The van der Waals surface area contributed by atoms with Crippen molar-refractivity contribution in [1.29, 1.82) is 5.26 Å². The van der Waals surface area contributed by atoms with Crippen molar-refractivity contribution in [1.82, 2.24) is 54.2 Å². The van der Waals surface area contributed by atoms with Crippen LogP contribution in [0.3, 0.4) is 0 Å². The Morgan fingerprint density at radius 2 is 1.59 bits per heavy atom. The zero-order chi connectivity index (χ0) is 41.4. The van der Waals surface area contributed by atoms with Crippen LogP contribution in [0.5, 0.6) is 5.88 Å². The predicted molar refractivity (Wildman–Crippen MR) is 206 cm³/mol. The third-order valence-electron chi connectivity index (χ3n) is 9.14. The van der Waals surface area contributed by atoms with Crippen molar-refractivity contribution >= 4 is 11.4 Å². The van der Waals surface area contributed by atoms with E-state index in [0.717, 1.165) is 5.56 Å². The van der Waals surface area contributed by atoms with Crippen molar-refractivity contribution in [2.45, 2.75) is 65.7 Å². The molecule has 8 rings (SSSR count). The number of hydrogen-bond acceptors (Lipinski definition) is 11. The second-order valence-corrected chi connectivity index (χ2v) is 14.7. The second-order valence-electron chi connectivity index (χ2n) is 14.7. The summed E-state index contributed by atoms with van der Waals surface area (Å²) in [4.78, 5) is 12.7. The molecule has 5 aromatic heterocycles. The topological polar surface area (TPSA) is 170 Å². The summed E-state index contributed by atoms with van der Waals surface area (Å²) in [5.74, 6) is -0.0240. The van der Waals surface area contributed by atoms with Crippen LogP contribution in [0.15, 0.2) is 85.5 Å². The van der Waals surface area contributed by atoms with Gasteiger partial charge in [0.15, 0.2) is 17.3 Å². The van der Waals surface area contributed by atoms with Crippen molar-refractivity contribution < 1.29 is 23.0 Å². The summed E-state index contributed by atoms with van der Waals surface area (Å²) in [6, 6.07) is 18.4. The summed E-state index contributed by atoms with van der Waals surface area (Å²) in [5, 5.41) is 40.8. The van der Waals surface area contributed by atoms with Gasteiger partial charge < -0.3 is 9.84 Å². The van der Waals surface area contributed by atoms with Crippen LogP contribution in [0.4, 0.5) is 13.2 Å². The summed E-state index contributed by atoms with van der Waals surface area (Å²) >= 11 is 0. The molecule has 8 aromatic rings. The molecule has 0 saturated carbocycles. The Labute approximate surface area is 330 Å². The van der Waals surface area contributed by atoms with E-state index in [0.29, 0.717) is 52.2 Å². The van der Waals surface area contributed by atoms with E-state index in [1.54, 1.807) is 36.7 Å². The molecule has 0 aliphatic carbocycles. The molecular formula is C41H37F3N12O2. The number of hydrogen-bond donors (Lipinski definition) is 1. The van der Waals surface area contributed by atoms with Crippen molar-refractivity contribution in [3.63, 3.8) is 0 Å². The van der Waals surface area contributed by atoms with Crippen LogP contribution in [-0.2, 0) is 24.2 Å². The Morgan fingerprint density at radius 3 is 2.31 bits per heavy atom. The molecule has 0 unspecified atom stereocenters. The predicted octanol–water partition coefficient (Wildman–Crippen LogP) is 7.25. The van der Waals surface area contributed by atoms with Gasteiger partial charge in [-0.3, -0.25) is 0 Å². The van der Waals surface area contributed by atoms with Gasteiger partial charge in [-0.15, -0.1) is 15.3 Å². The van der Waals surface area contributed by atoms with E-state index in [-0.39, 0.29) is 40.3 Å². The fourth-order valence-electron chi connectivity index (χ4n) is 6.10. The highest BCUT2D eigenvalue weighted by Crippen LogP contribution is 2.34. The standard InChI is InChI=1S/C21H15F2N5O.C20H22FN7O/c1-21(2,29)18-11-26-28-17(10-25-20(28)27-18)12-6-7-15(22)14(8-12)19-13(9-24)4-3-5-16(19)23;1-5-27-17(22-12-23-27)11-29-19-14(20(2,3)4)10-16-24-25-18(28(16)26-19)13-8-6-7-9-15(13)21/h3-8,10-11,29H,1-2H3;6-10,12H,5,11H2,1-4H3. The Hall–Kier alpha value is -7.06. The summed E-state index contributed by atoms with van der Waals surface area (Å²) in [6.07, 6.45) is 4.43. The van der Waals surface area contributed by atoms with Gasteiger partial charge in [0.05, 0.1) is 41.0 Å². The number of ether oxygens (including phenoxy) is 1. The van der Waals surface area contributed by atoms with Crippen LogP contribution in [-0.4, -0.2) is 59.3 Å². The highest BCUT2D eigenvalue weighted by molar-refractivity contribution is 5.76. The van der Waals surface area contributed by atoms with Gasteiger partial charge in [0.2, 0.25) is 5.88 Å². The zero-order valence-electron chi connectivity index (χ0n) is 32.4. The lowest BCUT2D eigenvalue weighted by atomic mass is 9.88. The number of rotatable bonds is 8. The first-order valence-electron chi connectivity index (χ1n) is 18.1. The number of benzene rings is 3. The molecule has 0 aliphatic rings. The number of fused-ring (bicyclic) bond motifs is 2. The van der Waals surface area contributed by atoms with Crippen LogP contribution < -0.4 is 4.74 Å².